The van der Waals surface area contributed by atoms with Gasteiger partial charge in [0.1, 0.15) is 5.52 Å². The van der Waals surface area contributed by atoms with E-state index in [1.165, 1.54) is 44.1 Å². The van der Waals surface area contributed by atoms with Gasteiger partial charge in [-0.3, -0.25) is 4.98 Å². The zero-order chi connectivity index (χ0) is 19.6. The highest BCUT2D eigenvalue weighted by Gasteiger charge is 2.25. The summed E-state index contributed by atoms with van der Waals surface area (Å²) < 4.78 is 4.74. The van der Waals surface area contributed by atoms with Crippen molar-refractivity contribution in [3.63, 3.8) is 0 Å². The second-order valence-corrected chi connectivity index (χ2v) is 9.15. The number of pyridine rings is 2. The first-order valence-electron chi connectivity index (χ1n) is 9.94. The second kappa shape index (κ2) is 5.78. The average Bonchev–Trinajstić information content (AvgIpc) is 2.93. The highest BCUT2D eigenvalue weighted by atomic mass is 15.1. The van der Waals surface area contributed by atoms with Gasteiger partial charge < -0.3 is 0 Å². The first-order valence-corrected chi connectivity index (χ1v) is 9.94. The molecule has 0 spiro atoms. The fraction of sp³-hybridized carbons (Fsp3) is 0.280. The quantitative estimate of drug-likeness (QED) is 0.282. The number of benzene rings is 2. The number of aryl methyl sites for hydroxylation is 2. The number of aromatic nitrogens is 3. The zero-order valence-corrected chi connectivity index (χ0v) is 17.2. The maximum Gasteiger partial charge on any atom is 0.297 e. The number of rotatable bonds is 1. The van der Waals surface area contributed by atoms with Gasteiger partial charge in [0.05, 0.1) is 18.0 Å². The molecule has 0 N–H and O–H groups in total. The lowest BCUT2D eigenvalue weighted by molar-refractivity contribution is -0.449. The molecule has 0 bridgehead atoms. The molecule has 0 amide bonds. The molecule has 0 aliphatic heterocycles. The van der Waals surface area contributed by atoms with E-state index < -0.39 is 0 Å². The fourth-order valence-corrected chi connectivity index (χ4v) is 4.56. The second-order valence-electron chi connectivity index (χ2n) is 9.15. The molecular formula is C25H26N3+. The molecule has 0 fully saturated rings. The summed E-state index contributed by atoms with van der Waals surface area (Å²) in [6.45, 7) is 9.07. The van der Waals surface area contributed by atoms with Gasteiger partial charge in [-0.15, -0.1) is 0 Å². The smallest absolute Gasteiger partial charge is 0.255 e. The van der Waals surface area contributed by atoms with Crippen molar-refractivity contribution in [2.45, 2.75) is 34.1 Å². The van der Waals surface area contributed by atoms with Gasteiger partial charge in [-0.1, -0.05) is 39.0 Å². The van der Waals surface area contributed by atoms with Crippen LogP contribution in [0, 0.1) is 12.3 Å². The molecule has 0 unspecified atom stereocenters. The number of fused-ring (bicyclic) bond motifs is 8. The Labute approximate surface area is 165 Å². The van der Waals surface area contributed by atoms with Crippen LogP contribution in [-0.4, -0.2) is 9.55 Å². The van der Waals surface area contributed by atoms with Crippen LogP contribution in [-0.2, 0) is 13.5 Å². The van der Waals surface area contributed by atoms with Crippen LogP contribution in [0.15, 0.2) is 54.7 Å². The molecule has 0 aliphatic carbocycles. The molecular weight excluding hydrogens is 342 g/mol. The van der Waals surface area contributed by atoms with E-state index >= 15 is 0 Å². The third-order valence-corrected chi connectivity index (χ3v) is 5.69. The number of hydrogen-bond acceptors (Lipinski definition) is 1. The van der Waals surface area contributed by atoms with E-state index in [0.717, 1.165) is 11.9 Å². The minimum Gasteiger partial charge on any atom is -0.255 e. The summed E-state index contributed by atoms with van der Waals surface area (Å²) in [6.07, 6.45) is 2.99. The number of hydrogen-bond donors (Lipinski definition) is 0. The molecule has 140 valence electrons. The summed E-state index contributed by atoms with van der Waals surface area (Å²) in [7, 11) is 2.18. The summed E-state index contributed by atoms with van der Waals surface area (Å²) >= 11 is 0. The lowest BCUT2D eigenvalue weighted by Gasteiger charge is -2.17. The van der Waals surface area contributed by atoms with Gasteiger partial charge >= 0.3 is 0 Å². The summed E-state index contributed by atoms with van der Waals surface area (Å²) in [5.74, 6) is 0. The van der Waals surface area contributed by atoms with Crippen molar-refractivity contribution in [2.24, 2.45) is 12.5 Å². The van der Waals surface area contributed by atoms with Gasteiger partial charge in [-0.2, -0.15) is 4.40 Å². The Morgan fingerprint density at radius 1 is 1.00 bits per heavy atom. The monoisotopic (exact) mass is 368 g/mol. The van der Waals surface area contributed by atoms with Gasteiger partial charge in [0, 0.05) is 11.6 Å². The van der Waals surface area contributed by atoms with Crippen LogP contribution in [0.3, 0.4) is 0 Å². The molecule has 0 saturated carbocycles. The molecule has 28 heavy (non-hydrogen) atoms. The predicted octanol–water partition coefficient (Wildman–Crippen LogP) is 5.52. The molecule has 2 aromatic carbocycles. The average molecular weight is 369 g/mol. The van der Waals surface area contributed by atoms with Gasteiger partial charge in [0.2, 0.25) is 0 Å². The van der Waals surface area contributed by atoms with Crippen molar-refractivity contribution in [1.29, 1.82) is 0 Å². The predicted molar refractivity (Wildman–Crippen MR) is 117 cm³/mol. The third kappa shape index (κ3) is 2.42. The van der Waals surface area contributed by atoms with Crippen LogP contribution in [0.4, 0.5) is 0 Å². The highest BCUT2D eigenvalue weighted by Crippen LogP contribution is 2.30. The molecule has 0 aliphatic rings. The SMILES string of the molecule is Cc1ccnc2c3ccccc3[n+]3c4ccc(CC(C)(C)C)cc4n(C)c3c12. The van der Waals surface area contributed by atoms with E-state index in [1.807, 2.05) is 6.20 Å². The van der Waals surface area contributed by atoms with Crippen molar-refractivity contribution in [1.82, 2.24) is 9.55 Å². The molecule has 5 rings (SSSR count). The Morgan fingerprint density at radius 3 is 2.57 bits per heavy atom. The minimum atomic E-state index is 0.269. The number of nitrogens with zero attached hydrogens (tertiary/aromatic N) is 3. The molecule has 3 nitrogen and oxygen atoms in total. The number of imidazole rings is 1. The zero-order valence-electron chi connectivity index (χ0n) is 17.2. The summed E-state index contributed by atoms with van der Waals surface area (Å²) in [6, 6.07) is 17.6. The van der Waals surface area contributed by atoms with Gasteiger partial charge in [-0.05, 0) is 60.2 Å². The first-order chi connectivity index (χ1) is 13.3. The lowest BCUT2D eigenvalue weighted by atomic mass is 9.88. The van der Waals surface area contributed by atoms with E-state index in [4.69, 9.17) is 4.98 Å². The topological polar surface area (TPSA) is 21.9 Å². The van der Waals surface area contributed by atoms with Gasteiger partial charge in [0.15, 0.2) is 11.0 Å². The molecule has 0 radical (unpaired) electrons. The van der Waals surface area contributed by atoms with E-state index in [9.17, 15) is 0 Å². The van der Waals surface area contributed by atoms with E-state index in [2.05, 4.69) is 92.2 Å². The van der Waals surface area contributed by atoms with Crippen LogP contribution in [0.25, 0.3) is 38.5 Å². The van der Waals surface area contributed by atoms with Crippen LogP contribution < -0.4 is 4.40 Å². The Bertz CT molecular complexity index is 1380. The Morgan fingerprint density at radius 2 is 1.79 bits per heavy atom. The largest absolute Gasteiger partial charge is 0.297 e. The van der Waals surface area contributed by atoms with Crippen LogP contribution in [0.1, 0.15) is 31.9 Å². The van der Waals surface area contributed by atoms with Crippen molar-refractivity contribution in [3.8, 4) is 0 Å². The van der Waals surface area contributed by atoms with E-state index in [1.54, 1.807) is 0 Å². The van der Waals surface area contributed by atoms with Crippen LogP contribution in [0.5, 0.6) is 0 Å². The highest BCUT2D eigenvalue weighted by molar-refractivity contribution is 6.09. The Hall–Kier alpha value is -2.94. The van der Waals surface area contributed by atoms with Gasteiger partial charge in [0.25, 0.3) is 5.65 Å². The summed E-state index contributed by atoms with van der Waals surface area (Å²) in [4.78, 5) is 4.77. The Balaban J connectivity index is 2.01. The van der Waals surface area contributed by atoms with Crippen LogP contribution in [0.2, 0.25) is 0 Å². The Kier molecular flexibility index (Phi) is 3.54. The molecule has 0 saturated heterocycles. The van der Waals surface area contributed by atoms with Crippen molar-refractivity contribution in [3.05, 3.63) is 65.9 Å². The molecule has 3 heteroatoms. The molecule has 0 atom stereocenters. The lowest BCUT2D eigenvalue weighted by Crippen LogP contribution is -2.23. The minimum absolute atomic E-state index is 0.269. The first kappa shape index (κ1) is 17.2. The maximum atomic E-state index is 4.77. The van der Waals surface area contributed by atoms with Crippen LogP contribution >= 0.6 is 0 Å². The summed E-state index contributed by atoms with van der Waals surface area (Å²) in [5, 5.41) is 2.43. The molecule has 5 aromatic rings. The fourth-order valence-electron chi connectivity index (χ4n) is 4.56. The van der Waals surface area contributed by atoms with Gasteiger partial charge in [-0.25, -0.2) is 4.57 Å². The van der Waals surface area contributed by atoms with E-state index in [-0.39, 0.29) is 5.41 Å². The van der Waals surface area contributed by atoms with E-state index in [0.29, 0.717) is 0 Å². The van der Waals surface area contributed by atoms with Crippen molar-refractivity contribution >= 4 is 38.5 Å². The normalized spacial score (nSPS) is 12.6. The molecule has 3 heterocycles. The van der Waals surface area contributed by atoms with Crippen molar-refractivity contribution < 1.29 is 4.40 Å². The number of para-hydroxylation sites is 1. The maximum absolute atomic E-state index is 4.77. The third-order valence-electron chi connectivity index (χ3n) is 5.69. The standard InChI is InChI=1S/C25H26N3/c1-16-12-13-26-23-18-8-6-7-9-19(18)28-20-11-10-17(15-25(2,3)4)14-21(20)27(5)24(28)22(16)23/h6-14H,15H2,1-5H3/q+1. The van der Waals surface area contributed by atoms with Crippen molar-refractivity contribution in [2.75, 3.05) is 0 Å². The summed E-state index contributed by atoms with van der Waals surface area (Å²) in [5.41, 5.74) is 8.92. The molecule has 3 aromatic heterocycles.